The van der Waals surface area contributed by atoms with E-state index in [4.69, 9.17) is 5.73 Å². The smallest absolute Gasteiger partial charge is 0.354 e. The van der Waals surface area contributed by atoms with E-state index < -0.39 is 15.7 Å². The summed E-state index contributed by atoms with van der Waals surface area (Å²) in [6, 6.07) is 21.0. The Bertz CT molecular complexity index is 1490. The third kappa shape index (κ3) is 4.54. The van der Waals surface area contributed by atoms with Gasteiger partial charge in [-0.1, -0.05) is 72.3 Å². The molecule has 0 aliphatic heterocycles. The van der Waals surface area contributed by atoms with Gasteiger partial charge in [-0.15, -0.1) is 0 Å². The highest BCUT2D eigenvalue weighted by atomic mass is 127. The van der Waals surface area contributed by atoms with Gasteiger partial charge in [0.1, 0.15) is 5.82 Å². The van der Waals surface area contributed by atoms with Crippen LogP contribution in [0.15, 0.2) is 82.5 Å². The molecule has 1 aromatic heterocycles. The van der Waals surface area contributed by atoms with Crippen molar-refractivity contribution in [1.29, 1.82) is 0 Å². The van der Waals surface area contributed by atoms with Crippen molar-refractivity contribution in [2.24, 2.45) is 0 Å². The van der Waals surface area contributed by atoms with Gasteiger partial charge in [0.15, 0.2) is 0 Å². The number of aromatic nitrogens is 2. The largest absolute Gasteiger partial charge is 0.384 e. The predicted molar refractivity (Wildman–Crippen MR) is 145 cm³/mol. The zero-order chi connectivity index (χ0) is 24.3. The number of unbranched alkanes of at least 4 members (excludes halogenated alkanes) is 1. The fourth-order valence-corrected chi connectivity index (χ4v) is 6.00. The average Bonchev–Trinajstić information content (AvgIpc) is 2.84. The van der Waals surface area contributed by atoms with Gasteiger partial charge in [-0.2, -0.15) is 4.98 Å². The number of sulfonamides is 1. The van der Waals surface area contributed by atoms with Crippen LogP contribution < -0.4 is 15.7 Å². The average molecular weight is 588 g/mol. The summed E-state index contributed by atoms with van der Waals surface area (Å²) in [5, 5.41) is 0.628. The molecule has 7 nitrogen and oxygen atoms in total. The van der Waals surface area contributed by atoms with Gasteiger partial charge in [-0.05, 0) is 48.4 Å². The van der Waals surface area contributed by atoms with Crippen molar-refractivity contribution < 1.29 is 8.42 Å². The van der Waals surface area contributed by atoms with Crippen LogP contribution in [-0.2, 0) is 14.5 Å². The molecule has 0 spiro atoms. The van der Waals surface area contributed by atoms with Crippen molar-refractivity contribution in [3.05, 3.63) is 88.8 Å². The first-order valence-electron chi connectivity index (χ1n) is 10.9. The lowest BCUT2D eigenvalue weighted by molar-refractivity contribution is 0.588. The summed E-state index contributed by atoms with van der Waals surface area (Å²) in [5.41, 5.74) is 8.15. The number of hydrogen-bond acceptors (Lipinski definition) is 5. The van der Waals surface area contributed by atoms with E-state index in [1.165, 1.54) is 14.9 Å². The van der Waals surface area contributed by atoms with E-state index in [2.05, 4.69) is 27.6 Å². The van der Waals surface area contributed by atoms with Crippen LogP contribution in [0.5, 0.6) is 0 Å². The molecular formula is C25H25IN4O3S. The minimum atomic E-state index is -3.90. The first-order valence-corrected chi connectivity index (χ1v) is 13.9. The molecule has 0 saturated heterocycles. The van der Waals surface area contributed by atoms with Gasteiger partial charge < -0.3 is 5.73 Å². The standard InChI is InChI=1S/C25H25IN4O3S/c1-2-3-15-29(19-9-5-4-6-10-19)34(32,33)20-14-13-18(17-26)23(16-20)30-24(27)21-11-7-8-12-22(21)28-25(30)31/h4-14,16H,2-3,15,17,27H2,1H3. The topological polar surface area (TPSA) is 98.3 Å². The SMILES string of the molecule is CCCCN(c1ccccc1)S(=O)(=O)c1ccc(CI)c(-n2c(N)c3ccccc3nc2=O)c1. The Labute approximate surface area is 212 Å². The van der Waals surface area contributed by atoms with E-state index >= 15 is 0 Å². The van der Waals surface area contributed by atoms with Crippen LogP contribution in [0, 0.1) is 0 Å². The third-order valence-electron chi connectivity index (χ3n) is 5.62. The van der Waals surface area contributed by atoms with Crippen molar-refractivity contribution in [2.75, 3.05) is 16.6 Å². The molecule has 0 saturated carbocycles. The van der Waals surface area contributed by atoms with Crippen LogP contribution in [0.1, 0.15) is 25.3 Å². The second-order valence-corrected chi connectivity index (χ2v) is 10.4. The molecule has 0 aliphatic carbocycles. The summed E-state index contributed by atoms with van der Waals surface area (Å²) < 4.78 is 30.9. The van der Waals surface area contributed by atoms with Gasteiger partial charge in [0.2, 0.25) is 0 Å². The van der Waals surface area contributed by atoms with Gasteiger partial charge >= 0.3 is 5.69 Å². The summed E-state index contributed by atoms with van der Waals surface area (Å²) in [6.45, 7) is 2.37. The molecule has 4 rings (SSSR count). The summed E-state index contributed by atoms with van der Waals surface area (Å²) in [5.74, 6) is 0.224. The number of anilines is 2. The highest BCUT2D eigenvalue weighted by molar-refractivity contribution is 14.1. The highest BCUT2D eigenvalue weighted by Gasteiger charge is 2.26. The van der Waals surface area contributed by atoms with Gasteiger partial charge in [-0.25, -0.2) is 17.8 Å². The number of nitrogens with two attached hydrogens (primary N) is 1. The van der Waals surface area contributed by atoms with Crippen molar-refractivity contribution in [3.8, 4) is 5.69 Å². The number of benzene rings is 3. The van der Waals surface area contributed by atoms with Crippen molar-refractivity contribution in [2.45, 2.75) is 29.1 Å². The molecule has 0 atom stereocenters. The lowest BCUT2D eigenvalue weighted by Gasteiger charge is -2.25. The second-order valence-electron chi connectivity index (χ2n) is 7.82. The lowest BCUT2D eigenvalue weighted by atomic mass is 10.2. The Hall–Kier alpha value is -2.92. The molecule has 3 aromatic carbocycles. The number of halogens is 1. The van der Waals surface area contributed by atoms with E-state index in [9.17, 15) is 13.2 Å². The number of nitrogens with zero attached hydrogens (tertiary/aromatic N) is 3. The Kier molecular flexibility index (Phi) is 7.22. The minimum absolute atomic E-state index is 0.0931. The van der Waals surface area contributed by atoms with Gasteiger partial charge in [0.05, 0.1) is 21.8 Å². The minimum Gasteiger partial charge on any atom is -0.384 e. The molecule has 34 heavy (non-hydrogen) atoms. The normalized spacial score (nSPS) is 11.6. The van der Waals surface area contributed by atoms with E-state index in [-0.39, 0.29) is 10.7 Å². The van der Waals surface area contributed by atoms with E-state index in [1.54, 1.807) is 42.5 Å². The fraction of sp³-hybridized carbons (Fsp3) is 0.200. The summed E-state index contributed by atoms with van der Waals surface area (Å²) in [6.07, 6.45) is 1.57. The van der Waals surface area contributed by atoms with Crippen LogP contribution in [-0.4, -0.2) is 24.5 Å². The summed E-state index contributed by atoms with van der Waals surface area (Å²) in [4.78, 5) is 17.3. The third-order valence-corrected chi connectivity index (χ3v) is 8.26. The zero-order valence-electron chi connectivity index (χ0n) is 18.7. The Morgan fingerprint density at radius 1 is 1.03 bits per heavy atom. The summed E-state index contributed by atoms with van der Waals surface area (Å²) in [7, 11) is -3.90. The predicted octanol–water partition coefficient (Wildman–Crippen LogP) is 4.90. The molecule has 0 bridgehead atoms. The van der Waals surface area contributed by atoms with Crippen molar-refractivity contribution >= 4 is 55.0 Å². The van der Waals surface area contributed by atoms with Crippen LogP contribution in [0.25, 0.3) is 16.6 Å². The summed E-state index contributed by atoms with van der Waals surface area (Å²) >= 11 is 2.18. The first-order chi connectivity index (χ1) is 16.4. The molecule has 1 heterocycles. The number of para-hydroxylation sites is 2. The van der Waals surface area contributed by atoms with Crippen molar-refractivity contribution in [1.82, 2.24) is 9.55 Å². The molecule has 176 valence electrons. The molecule has 0 amide bonds. The maximum Gasteiger partial charge on any atom is 0.354 e. The van der Waals surface area contributed by atoms with Crippen LogP contribution in [0.3, 0.4) is 0 Å². The molecule has 0 unspecified atom stereocenters. The maximum atomic E-state index is 13.8. The Balaban J connectivity index is 1.91. The number of hydrogen-bond donors (Lipinski definition) is 1. The number of rotatable bonds is 8. The lowest BCUT2D eigenvalue weighted by Crippen LogP contribution is -2.32. The highest BCUT2D eigenvalue weighted by Crippen LogP contribution is 2.29. The van der Waals surface area contributed by atoms with Gasteiger partial charge in [-0.3, -0.25) is 4.31 Å². The number of alkyl halides is 1. The van der Waals surface area contributed by atoms with E-state index in [1.807, 2.05) is 31.2 Å². The molecule has 0 radical (unpaired) electrons. The van der Waals surface area contributed by atoms with Gasteiger partial charge in [0, 0.05) is 16.4 Å². The quantitative estimate of drug-likeness (QED) is 0.233. The first kappa shape index (κ1) is 24.2. The molecule has 9 heteroatoms. The Morgan fingerprint density at radius 3 is 2.44 bits per heavy atom. The van der Waals surface area contributed by atoms with Gasteiger partial charge in [0.25, 0.3) is 10.0 Å². The number of fused-ring (bicyclic) bond motifs is 1. The molecule has 0 aliphatic rings. The Morgan fingerprint density at radius 2 is 1.74 bits per heavy atom. The number of nitrogen functional groups attached to an aromatic ring is 1. The van der Waals surface area contributed by atoms with Crippen LogP contribution in [0.2, 0.25) is 0 Å². The second kappa shape index (κ2) is 10.1. The van der Waals surface area contributed by atoms with E-state index in [0.717, 1.165) is 12.0 Å². The fourth-order valence-electron chi connectivity index (χ4n) is 3.83. The zero-order valence-corrected chi connectivity index (χ0v) is 21.7. The van der Waals surface area contributed by atoms with Crippen LogP contribution >= 0.6 is 22.6 Å². The van der Waals surface area contributed by atoms with Crippen molar-refractivity contribution in [3.63, 3.8) is 0 Å². The monoisotopic (exact) mass is 588 g/mol. The maximum absolute atomic E-state index is 13.8. The molecule has 0 fully saturated rings. The van der Waals surface area contributed by atoms with Crippen LogP contribution in [0.4, 0.5) is 11.5 Å². The molecule has 4 aromatic rings. The molecular weight excluding hydrogens is 563 g/mol. The van der Waals surface area contributed by atoms with E-state index in [0.29, 0.717) is 39.7 Å². The molecule has 2 N–H and O–H groups in total.